The number of rotatable bonds is 4. The fourth-order valence-corrected chi connectivity index (χ4v) is 2.89. The van der Waals surface area contributed by atoms with Crippen LogP contribution < -0.4 is 16.4 Å². The van der Waals surface area contributed by atoms with Crippen LogP contribution in [-0.2, 0) is 0 Å². The Morgan fingerprint density at radius 2 is 1.95 bits per heavy atom. The van der Waals surface area contributed by atoms with Crippen LogP contribution in [0.1, 0.15) is 25.7 Å². The maximum atomic E-state index is 14.3. The SMILES string of the molecule is Nc1cc(N)c(N(CCO)C2CCCC2)c(F)c1Cl. The van der Waals surface area contributed by atoms with Crippen molar-refractivity contribution in [1.29, 1.82) is 0 Å². The molecule has 5 N–H and O–H groups in total. The predicted octanol–water partition coefficient (Wildman–Crippen LogP) is 2.38. The van der Waals surface area contributed by atoms with Crippen LogP contribution in [0.3, 0.4) is 0 Å². The molecule has 1 aliphatic carbocycles. The minimum atomic E-state index is -0.598. The fraction of sp³-hybridized carbons (Fsp3) is 0.538. The molecule has 1 aromatic carbocycles. The van der Waals surface area contributed by atoms with Crippen molar-refractivity contribution < 1.29 is 9.50 Å². The second kappa shape index (κ2) is 5.84. The lowest BCUT2D eigenvalue weighted by atomic mass is 10.1. The van der Waals surface area contributed by atoms with Gasteiger partial charge in [-0.15, -0.1) is 0 Å². The molecule has 0 saturated heterocycles. The molecule has 0 spiro atoms. The molecule has 0 aromatic heterocycles. The van der Waals surface area contributed by atoms with Crippen LogP contribution in [0.2, 0.25) is 5.02 Å². The fourth-order valence-electron chi connectivity index (χ4n) is 2.75. The number of nitrogens with two attached hydrogens (primary N) is 2. The molecule has 1 fully saturated rings. The van der Waals surface area contributed by atoms with Gasteiger partial charge in [-0.3, -0.25) is 0 Å². The Morgan fingerprint density at radius 3 is 2.53 bits per heavy atom. The minimum absolute atomic E-state index is 0.0582. The quantitative estimate of drug-likeness (QED) is 0.743. The summed E-state index contributed by atoms with van der Waals surface area (Å²) >= 11 is 5.86. The Balaban J connectivity index is 2.43. The highest BCUT2D eigenvalue weighted by Crippen LogP contribution is 2.39. The molecule has 0 aliphatic heterocycles. The number of nitrogen functional groups attached to an aromatic ring is 2. The van der Waals surface area contributed by atoms with E-state index >= 15 is 0 Å². The average molecular weight is 288 g/mol. The first-order chi connectivity index (χ1) is 9.06. The smallest absolute Gasteiger partial charge is 0.169 e. The molecule has 0 radical (unpaired) electrons. The van der Waals surface area contributed by atoms with Gasteiger partial charge >= 0.3 is 0 Å². The average Bonchev–Trinajstić information content (AvgIpc) is 2.89. The molecule has 0 heterocycles. The van der Waals surface area contributed by atoms with Gasteiger partial charge in [-0.05, 0) is 18.9 Å². The van der Waals surface area contributed by atoms with E-state index in [2.05, 4.69) is 0 Å². The first kappa shape index (κ1) is 14.2. The minimum Gasteiger partial charge on any atom is -0.397 e. The van der Waals surface area contributed by atoms with E-state index in [4.69, 9.17) is 23.1 Å². The lowest BCUT2D eigenvalue weighted by Gasteiger charge is -2.32. The second-order valence-electron chi connectivity index (χ2n) is 4.89. The van der Waals surface area contributed by atoms with Crippen LogP contribution in [0.25, 0.3) is 0 Å². The summed E-state index contributed by atoms with van der Waals surface area (Å²) in [5.41, 5.74) is 12.1. The van der Waals surface area contributed by atoms with Crippen molar-refractivity contribution in [2.24, 2.45) is 0 Å². The third-order valence-corrected chi connectivity index (χ3v) is 4.02. The van der Waals surface area contributed by atoms with Gasteiger partial charge in [0.2, 0.25) is 0 Å². The largest absolute Gasteiger partial charge is 0.397 e. The second-order valence-corrected chi connectivity index (χ2v) is 5.26. The third kappa shape index (κ3) is 2.72. The highest BCUT2D eigenvalue weighted by molar-refractivity contribution is 6.33. The molecule has 2 rings (SSSR count). The van der Waals surface area contributed by atoms with Gasteiger partial charge in [-0.2, -0.15) is 0 Å². The van der Waals surface area contributed by atoms with Crippen molar-refractivity contribution in [2.45, 2.75) is 31.7 Å². The van der Waals surface area contributed by atoms with E-state index < -0.39 is 5.82 Å². The zero-order chi connectivity index (χ0) is 14.0. The Kier molecular flexibility index (Phi) is 4.37. The van der Waals surface area contributed by atoms with Gasteiger partial charge in [0.15, 0.2) is 5.82 Å². The van der Waals surface area contributed by atoms with E-state index in [0.29, 0.717) is 6.54 Å². The molecule has 1 saturated carbocycles. The highest BCUT2D eigenvalue weighted by atomic mass is 35.5. The lowest BCUT2D eigenvalue weighted by molar-refractivity contribution is 0.297. The summed E-state index contributed by atoms with van der Waals surface area (Å²) in [6.07, 6.45) is 4.16. The van der Waals surface area contributed by atoms with Gasteiger partial charge < -0.3 is 21.5 Å². The zero-order valence-electron chi connectivity index (χ0n) is 10.7. The summed E-state index contributed by atoms with van der Waals surface area (Å²) < 4.78 is 14.3. The predicted molar refractivity (Wildman–Crippen MR) is 76.9 cm³/mol. The molecule has 106 valence electrons. The zero-order valence-corrected chi connectivity index (χ0v) is 11.5. The third-order valence-electron chi connectivity index (χ3n) is 3.63. The Bertz CT molecular complexity index is 464. The Hall–Kier alpha value is -1.20. The number of benzene rings is 1. The molecule has 0 atom stereocenters. The van der Waals surface area contributed by atoms with Crippen molar-refractivity contribution in [2.75, 3.05) is 29.5 Å². The van der Waals surface area contributed by atoms with Crippen LogP contribution in [0.15, 0.2) is 6.07 Å². The summed E-state index contributed by atoms with van der Waals surface area (Å²) in [4.78, 5) is 1.82. The lowest BCUT2D eigenvalue weighted by Crippen LogP contribution is -2.37. The number of hydrogen-bond donors (Lipinski definition) is 3. The highest BCUT2D eigenvalue weighted by Gasteiger charge is 2.27. The van der Waals surface area contributed by atoms with Crippen molar-refractivity contribution >= 4 is 28.7 Å². The summed E-state index contributed by atoms with van der Waals surface area (Å²) in [6, 6.07) is 1.67. The molecule has 19 heavy (non-hydrogen) atoms. The van der Waals surface area contributed by atoms with E-state index in [0.717, 1.165) is 25.7 Å². The Morgan fingerprint density at radius 1 is 1.32 bits per heavy atom. The summed E-state index contributed by atoms with van der Waals surface area (Å²) in [6.45, 7) is 0.281. The van der Waals surface area contributed by atoms with E-state index in [1.54, 1.807) is 0 Å². The first-order valence-corrected chi connectivity index (χ1v) is 6.84. The summed E-state index contributed by atoms with van der Waals surface area (Å²) in [5, 5.41) is 9.10. The number of anilines is 3. The van der Waals surface area contributed by atoms with Crippen molar-refractivity contribution in [1.82, 2.24) is 0 Å². The van der Waals surface area contributed by atoms with Crippen molar-refractivity contribution in [3.63, 3.8) is 0 Å². The van der Waals surface area contributed by atoms with Gasteiger partial charge in [0, 0.05) is 12.6 Å². The molecular weight excluding hydrogens is 269 g/mol. The first-order valence-electron chi connectivity index (χ1n) is 6.46. The summed E-state index contributed by atoms with van der Waals surface area (Å²) in [7, 11) is 0. The maximum absolute atomic E-state index is 14.3. The number of aliphatic hydroxyl groups excluding tert-OH is 1. The van der Waals surface area contributed by atoms with Gasteiger partial charge in [0.25, 0.3) is 0 Å². The van der Waals surface area contributed by atoms with E-state index in [1.807, 2.05) is 4.90 Å². The van der Waals surface area contributed by atoms with Gasteiger partial charge in [0.05, 0.1) is 23.7 Å². The van der Waals surface area contributed by atoms with E-state index in [9.17, 15) is 9.50 Å². The molecular formula is C13H19ClFN3O. The maximum Gasteiger partial charge on any atom is 0.169 e. The molecule has 1 aromatic rings. The number of nitrogens with zero attached hydrogens (tertiary/aromatic N) is 1. The van der Waals surface area contributed by atoms with Crippen LogP contribution in [0.5, 0.6) is 0 Å². The molecule has 0 amide bonds. The van der Waals surface area contributed by atoms with Crippen LogP contribution in [0, 0.1) is 5.82 Å². The monoisotopic (exact) mass is 287 g/mol. The molecule has 1 aliphatic rings. The summed E-state index contributed by atoms with van der Waals surface area (Å²) in [5.74, 6) is -0.598. The molecule has 4 nitrogen and oxygen atoms in total. The number of halogens is 2. The van der Waals surface area contributed by atoms with Gasteiger partial charge in [-0.1, -0.05) is 24.4 Å². The van der Waals surface area contributed by atoms with Gasteiger partial charge in [0.1, 0.15) is 5.02 Å². The molecule has 0 bridgehead atoms. The van der Waals surface area contributed by atoms with Gasteiger partial charge in [-0.25, -0.2) is 4.39 Å². The topological polar surface area (TPSA) is 75.5 Å². The van der Waals surface area contributed by atoms with Crippen LogP contribution in [-0.4, -0.2) is 24.3 Å². The standard InChI is InChI=1S/C13H19ClFN3O/c14-11-9(16)7-10(17)13(12(11)15)18(5-6-19)8-3-1-2-4-8/h7-8,19H,1-6,16-17H2. The van der Waals surface area contributed by atoms with Crippen molar-refractivity contribution in [3.05, 3.63) is 16.9 Å². The van der Waals surface area contributed by atoms with E-state index in [1.165, 1.54) is 6.07 Å². The normalized spacial score (nSPS) is 15.9. The molecule has 6 heteroatoms. The Labute approximate surface area is 117 Å². The van der Waals surface area contributed by atoms with E-state index in [-0.39, 0.29) is 34.7 Å². The van der Waals surface area contributed by atoms with Crippen molar-refractivity contribution in [3.8, 4) is 0 Å². The van der Waals surface area contributed by atoms with Crippen LogP contribution >= 0.6 is 11.6 Å². The number of aliphatic hydroxyl groups is 1. The van der Waals surface area contributed by atoms with Crippen LogP contribution in [0.4, 0.5) is 21.5 Å². The molecule has 0 unspecified atom stereocenters. The number of hydrogen-bond acceptors (Lipinski definition) is 4.